The van der Waals surface area contributed by atoms with E-state index >= 15 is 0 Å². The van der Waals surface area contributed by atoms with Crippen molar-refractivity contribution in [3.05, 3.63) is 71.4 Å². The van der Waals surface area contributed by atoms with Crippen molar-refractivity contribution in [1.29, 1.82) is 0 Å². The lowest BCUT2D eigenvalue weighted by atomic mass is 10.0. The molecule has 1 heterocycles. The maximum Gasteiger partial charge on any atom is 0.249 e. The maximum absolute atomic E-state index is 4.66. The van der Waals surface area contributed by atoms with Crippen LogP contribution in [0.15, 0.2) is 54.7 Å². The Balaban J connectivity index is 1.82. The number of rotatable bonds is 7. The third-order valence-electron chi connectivity index (χ3n) is 4.44. The Labute approximate surface area is 155 Å². The summed E-state index contributed by atoms with van der Waals surface area (Å²) in [5.41, 5.74) is 4.85. The normalized spacial score (nSPS) is 10.6. The van der Waals surface area contributed by atoms with Crippen LogP contribution in [0.25, 0.3) is 0 Å². The van der Waals surface area contributed by atoms with Crippen molar-refractivity contribution in [3.8, 4) is 0 Å². The highest BCUT2D eigenvalue weighted by Gasteiger charge is 2.10. The monoisotopic (exact) mass is 347 g/mol. The third-order valence-corrected chi connectivity index (χ3v) is 4.44. The van der Waals surface area contributed by atoms with Gasteiger partial charge in [-0.05, 0) is 29.5 Å². The van der Waals surface area contributed by atoms with Crippen LogP contribution in [0.1, 0.15) is 30.5 Å². The number of nitrogens with one attached hydrogen (secondary N) is 1. The van der Waals surface area contributed by atoms with Crippen molar-refractivity contribution in [2.75, 3.05) is 17.3 Å². The summed E-state index contributed by atoms with van der Waals surface area (Å²) in [6.07, 6.45) is 3.61. The molecule has 0 saturated carbocycles. The summed E-state index contributed by atoms with van der Waals surface area (Å²) in [6.45, 7) is 5.08. The molecule has 0 bridgehead atoms. The molecule has 0 fully saturated rings. The Hall–Kier alpha value is -2.95. The summed E-state index contributed by atoms with van der Waals surface area (Å²) in [6, 6.07) is 16.7. The van der Waals surface area contributed by atoms with E-state index in [1.54, 1.807) is 6.20 Å². The molecule has 0 radical (unpaired) electrons. The summed E-state index contributed by atoms with van der Waals surface area (Å²) in [5, 5.41) is 11.7. The first-order valence-electron chi connectivity index (χ1n) is 9.03. The summed E-state index contributed by atoms with van der Waals surface area (Å²) >= 11 is 0. The first kappa shape index (κ1) is 17.9. The third kappa shape index (κ3) is 4.17. The molecule has 0 saturated heterocycles. The smallest absolute Gasteiger partial charge is 0.249 e. The van der Waals surface area contributed by atoms with Crippen molar-refractivity contribution < 1.29 is 0 Å². The van der Waals surface area contributed by atoms with Gasteiger partial charge < -0.3 is 10.2 Å². The number of aryl methyl sites for hydroxylation is 2. The molecular weight excluding hydrogens is 322 g/mol. The highest BCUT2D eigenvalue weighted by molar-refractivity contribution is 5.64. The zero-order valence-corrected chi connectivity index (χ0v) is 15.6. The summed E-state index contributed by atoms with van der Waals surface area (Å²) in [5.74, 6) is 1.32. The predicted octanol–water partition coefficient (Wildman–Crippen LogP) is 4.38. The Morgan fingerprint density at radius 2 is 1.62 bits per heavy atom. The number of benzene rings is 2. The van der Waals surface area contributed by atoms with Crippen LogP contribution in [0, 0.1) is 0 Å². The van der Waals surface area contributed by atoms with Gasteiger partial charge in [-0.25, -0.2) is 0 Å². The SMILES string of the molecule is CCc1cccc(CC)c1Nc1nncc(N(C)Cc2ccccc2)n1. The van der Waals surface area contributed by atoms with Crippen LogP contribution in [0.5, 0.6) is 0 Å². The standard InChI is InChI=1S/C21H25N5/c1-4-17-12-9-13-18(5-2)20(17)24-21-23-19(14-22-25-21)26(3)15-16-10-7-6-8-11-16/h6-14H,4-5,15H2,1-3H3,(H,23,24,25). The van der Waals surface area contributed by atoms with Crippen molar-refractivity contribution in [2.45, 2.75) is 33.2 Å². The van der Waals surface area contributed by atoms with Gasteiger partial charge in [0.15, 0.2) is 5.82 Å². The van der Waals surface area contributed by atoms with Crippen LogP contribution in [0.3, 0.4) is 0 Å². The van der Waals surface area contributed by atoms with Crippen LogP contribution in [0.2, 0.25) is 0 Å². The molecule has 0 spiro atoms. The van der Waals surface area contributed by atoms with Gasteiger partial charge >= 0.3 is 0 Å². The van der Waals surface area contributed by atoms with E-state index in [0.717, 1.165) is 30.9 Å². The summed E-state index contributed by atoms with van der Waals surface area (Å²) in [4.78, 5) is 6.73. The predicted molar refractivity (Wildman–Crippen MR) is 107 cm³/mol. The molecule has 134 valence electrons. The zero-order valence-electron chi connectivity index (χ0n) is 15.6. The van der Waals surface area contributed by atoms with Crippen LogP contribution >= 0.6 is 0 Å². The molecule has 0 aliphatic heterocycles. The van der Waals surface area contributed by atoms with Crippen molar-refractivity contribution in [1.82, 2.24) is 15.2 Å². The Morgan fingerprint density at radius 1 is 0.923 bits per heavy atom. The number of anilines is 3. The lowest BCUT2D eigenvalue weighted by Crippen LogP contribution is -2.19. The second-order valence-electron chi connectivity index (χ2n) is 6.26. The highest BCUT2D eigenvalue weighted by atomic mass is 15.3. The Morgan fingerprint density at radius 3 is 2.27 bits per heavy atom. The molecule has 0 atom stereocenters. The lowest BCUT2D eigenvalue weighted by molar-refractivity contribution is 0.865. The Kier molecular flexibility index (Phi) is 5.79. The van der Waals surface area contributed by atoms with Gasteiger partial charge in [-0.15, -0.1) is 5.10 Å². The quantitative estimate of drug-likeness (QED) is 0.687. The molecule has 0 amide bonds. The van der Waals surface area contributed by atoms with Gasteiger partial charge in [-0.1, -0.05) is 62.4 Å². The molecule has 3 rings (SSSR count). The second kappa shape index (κ2) is 8.43. The summed E-state index contributed by atoms with van der Waals surface area (Å²) in [7, 11) is 2.01. The molecule has 1 aromatic heterocycles. The Bertz CT molecular complexity index is 826. The molecule has 0 aliphatic rings. The van der Waals surface area contributed by atoms with Gasteiger partial charge in [0.25, 0.3) is 0 Å². The molecule has 3 aromatic rings. The van der Waals surface area contributed by atoms with E-state index in [2.05, 4.69) is 69.6 Å². The number of aromatic nitrogens is 3. The molecule has 26 heavy (non-hydrogen) atoms. The van der Waals surface area contributed by atoms with E-state index < -0.39 is 0 Å². The van der Waals surface area contributed by atoms with Gasteiger partial charge in [-0.2, -0.15) is 10.1 Å². The molecule has 2 aromatic carbocycles. The summed E-state index contributed by atoms with van der Waals surface area (Å²) < 4.78 is 0. The second-order valence-corrected chi connectivity index (χ2v) is 6.26. The minimum atomic E-state index is 0.526. The molecule has 5 nitrogen and oxygen atoms in total. The minimum Gasteiger partial charge on any atom is -0.354 e. The van der Waals surface area contributed by atoms with Crippen molar-refractivity contribution >= 4 is 17.5 Å². The molecule has 0 unspecified atom stereocenters. The average molecular weight is 347 g/mol. The fourth-order valence-corrected chi connectivity index (χ4v) is 2.99. The van der Waals surface area contributed by atoms with Crippen LogP contribution in [-0.2, 0) is 19.4 Å². The van der Waals surface area contributed by atoms with Crippen LogP contribution in [-0.4, -0.2) is 22.2 Å². The minimum absolute atomic E-state index is 0.526. The molecular formula is C21H25N5. The fraction of sp³-hybridized carbons (Fsp3) is 0.286. The van der Waals surface area contributed by atoms with E-state index in [1.165, 1.54) is 16.7 Å². The fourth-order valence-electron chi connectivity index (χ4n) is 2.99. The van der Waals surface area contributed by atoms with E-state index in [1.807, 2.05) is 25.2 Å². The number of nitrogens with zero attached hydrogens (tertiary/aromatic N) is 4. The first-order valence-corrected chi connectivity index (χ1v) is 9.03. The van der Waals surface area contributed by atoms with E-state index in [4.69, 9.17) is 0 Å². The number of para-hydroxylation sites is 1. The van der Waals surface area contributed by atoms with Gasteiger partial charge in [0.1, 0.15) is 0 Å². The highest BCUT2D eigenvalue weighted by Crippen LogP contribution is 2.25. The van der Waals surface area contributed by atoms with E-state index in [-0.39, 0.29) is 0 Å². The van der Waals surface area contributed by atoms with Gasteiger partial charge in [-0.3, -0.25) is 0 Å². The largest absolute Gasteiger partial charge is 0.354 e. The maximum atomic E-state index is 4.66. The van der Waals surface area contributed by atoms with Crippen molar-refractivity contribution in [3.63, 3.8) is 0 Å². The van der Waals surface area contributed by atoms with Gasteiger partial charge in [0.2, 0.25) is 5.95 Å². The molecule has 1 N–H and O–H groups in total. The van der Waals surface area contributed by atoms with Gasteiger partial charge in [0.05, 0.1) is 6.20 Å². The van der Waals surface area contributed by atoms with E-state index in [9.17, 15) is 0 Å². The van der Waals surface area contributed by atoms with Crippen LogP contribution in [0.4, 0.5) is 17.5 Å². The topological polar surface area (TPSA) is 53.9 Å². The average Bonchev–Trinajstić information content (AvgIpc) is 2.69. The molecule has 5 heteroatoms. The van der Waals surface area contributed by atoms with Gasteiger partial charge in [0, 0.05) is 19.3 Å². The number of hydrogen-bond donors (Lipinski definition) is 1. The number of hydrogen-bond acceptors (Lipinski definition) is 5. The van der Waals surface area contributed by atoms with Crippen molar-refractivity contribution in [2.24, 2.45) is 0 Å². The van der Waals surface area contributed by atoms with E-state index in [0.29, 0.717) is 5.95 Å². The first-order chi connectivity index (χ1) is 12.7. The van der Waals surface area contributed by atoms with Crippen LogP contribution < -0.4 is 10.2 Å². The zero-order chi connectivity index (χ0) is 18.4. The lowest BCUT2D eigenvalue weighted by Gasteiger charge is -2.19. The molecule has 0 aliphatic carbocycles.